The molecule has 1 aromatic heterocycles. The van der Waals surface area contributed by atoms with Crippen molar-refractivity contribution in [1.29, 1.82) is 0 Å². The van der Waals surface area contributed by atoms with E-state index in [-0.39, 0.29) is 0 Å². The minimum atomic E-state index is 0.789. The highest BCUT2D eigenvalue weighted by Gasteiger charge is 2.11. The predicted octanol–water partition coefficient (Wildman–Crippen LogP) is 4.29. The van der Waals surface area contributed by atoms with Crippen LogP contribution in [0.4, 0.5) is 0 Å². The lowest BCUT2D eigenvalue weighted by atomic mass is 10.0. The van der Waals surface area contributed by atoms with Gasteiger partial charge in [0.05, 0.1) is 0 Å². The molecule has 0 bridgehead atoms. The Bertz CT molecular complexity index is 725. The molecule has 3 aromatic rings. The summed E-state index contributed by atoms with van der Waals surface area (Å²) < 4.78 is 4.92. The second-order valence-corrected chi connectivity index (χ2v) is 5.64. The average Bonchev–Trinajstić information content (AvgIpc) is 3.01. The molecule has 0 aliphatic carbocycles. The summed E-state index contributed by atoms with van der Waals surface area (Å²) >= 11 is 6.19. The van der Waals surface area contributed by atoms with E-state index in [0.29, 0.717) is 0 Å². The van der Waals surface area contributed by atoms with Crippen LogP contribution in [0.2, 0.25) is 5.02 Å². The molecule has 0 radical (unpaired) electrons. The van der Waals surface area contributed by atoms with Crippen molar-refractivity contribution in [3.63, 3.8) is 0 Å². The SMILES string of the molecule is Clc1ccccc1CCc1nonc1CCc1ccccc1. The van der Waals surface area contributed by atoms with Crippen molar-refractivity contribution in [2.24, 2.45) is 0 Å². The number of aromatic nitrogens is 2. The number of nitrogens with zero attached hydrogens (tertiary/aromatic N) is 2. The van der Waals surface area contributed by atoms with E-state index in [4.69, 9.17) is 16.2 Å². The lowest BCUT2D eigenvalue weighted by Gasteiger charge is -2.03. The molecule has 22 heavy (non-hydrogen) atoms. The van der Waals surface area contributed by atoms with Crippen LogP contribution in [0, 0.1) is 0 Å². The molecule has 0 N–H and O–H groups in total. The van der Waals surface area contributed by atoms with E-state index in [0.717, 1.165) is 47.7 Å². The molecule has 2 aromatic carbocycles. The van der Waals surface area contributed by atoms with Crippen LogP contribution in [-0.2, 0) is 25.7 Å². The van der Waals surface area contributed by atoms with Gasteiger partial charge in [0.1, 0.15) is 11.4 Å². The second kappa shape index (κ2) is 7.23. The molecule has 0 unspecified atom stereocenters. The van der Waals surface area contributed by atoms with Gasteiger partial charge in [-0.05, 0) is 42.9 Å². The molecule has 0 fully saturated rings. The highest BCUT2D eigenvalue weighted by Crippen LogP contribution is 2.18. The smallest absolute Gasteiger partial charge is 0.108 e. The van der Waals surface area contributed by atoms with E-state index < -0.39 is 0 Å². The average molecular weight is 313 g/mol. The zero-order chi connectivity index (χ0) is 15.2. The highest BCUT2D eigenvalue weighted by molar-refractivity contribution is 6.31. The summed E-state index contributed by atoms with van der Waals surface area (Å²) in [6.07, 6.45) is 3.41. The number of hydrogen-bond acceptors (Lipinski definition) is 3. The Balaban J connectivity index is 1.61. The molecule has 3 rings (SSSR count). The van der Waals surface area contributed by atoms with Crippen molar-refractivity contribution in [3.05, 3.63) is 82.1 Å². The third-order valence-electron chi connectivity index (χ3n) is 3.72. The summed E-state index contributed by atoms with van der Waals surface area (Å²) in [6, 6.07) is 18.3. The molecular formula is C18H17ClN2O. The minimum absolute atomic E-state index is 0.789. The Kier molecular flexibility index (Phi) is 4.86. The molecule has 0 aliphatic heterocycles. The van der Waals surface area contributed by atoms with Gasteiger partial charge in [-0.15, -0.1) is 0 Å². The van der Waals surface area contributed by atoms with Crippen molar-refractivity contribution in [2.75, 3.05) is 0 Å². The van der Waals surface area contributed by atoms with Crippen molar-refractivity contribution in [2.45, 2.75) is 25.7 Å². The number of rotatable bonds is 6. The van der Waals surface area contributed by atoms with Gasteiger partial charge in [0.25, 0.3) is 0 Å². The van der Waals surface area contributed by atoms with Crippen LogP contribution in [0.1, 0.15) is 22.5 Å². The van der Waals surface area contributed by atoms with Crippen molar-refractivity contribution in [3.8, 4) is 0 Å². The Morgan fingerprint density at radius 3 is 2.09 bits per heavy atom. The van der Waals surface area contributed by atoms with Crippen LogP contribution < -0.4 is 0 Å². The predicted molar refractivity (Wildman–Crippen MR) is 87.0 cm³/mol. The van der Waals surface area contributed by atoms with Crippen LogP contribution in [0.3, 0.4) is 0 Å². The lowest BCUT2D eigenvalue weighted by molar-refractivity contribution is 0.300. The topological polar surface area (TPSA) is 38.9 Å². The quantitative estimate of drug-likeness (QED) is 0.681. The first-order chi connectivity index (χ1) is 10.8. The number of hydrogen-bond donors (Lipinski definition) is 0. The highest BCUT2D eigenvalue weighted by atomic mass is 35.5. The van der Waals surface area contributed by atoms with Gasteiger partial charge < -0.3 is 0 Å². The van der Waals surface area contributed by atoms with Gasteiger partial charge in [-0.1, -0.05) is 70.4 Å². The van der Waals surface area contributed by atoms with Gasteiger partial charge in [0.15, 0.2) is 0 Å². The van der Waals surface area contributed by atoms with Crippen molar-refractivity contribution in [1.82, 2.24) is 10.3 Å². The molecule has 1 heterocycles. The normalized spacial score (nSPS) is 10.8. The summed E-state index contributed by atoms with van der Waals surface area (Å²) in [5.74, 6) is 0. The maximum atomic E-state index is 6.19. The largest absolute Gasteiger partial charge is 0.244 e. The molecule has 0 saturated heterocycles. The molecule has 0 spiro atoms. The Hall–Kier alpha value is -2.13. The first-order valence-corrected chi connectivity index (χ1v) is 7.78. The van der Waals surface area contributed by atoms with Crippen molar-refractivity contribution < 1.29 is 4.63 Å². The van der Waals surface area contributed by atoms with E-state index in [1.807, 2.05) is 30.3 Å². The van der Waals surface area contributed by atoms with Crippen LogP contribution in [0.25, 0.3) is 0 Å². The summed E-state index contributed by atoms with van der Waals surface area (Å²) in [4.78, 5) is 0. The van der Waals surface area contributed by atoms with E-state index in [1.165, 1.54) is 5.56 Å². The van der Waals surface area contributed by atoms with Crippen LogP contribution in [0.5, 0.6) is 0 Å². The number of halogens is 1. The fraction of sp³-hybridized carbons (Fsp3) is 0.222. The molecule has 4 heteroatoms. The first-order valence-electron chi connectivity index (χ1n) is 7.40. The van der Waals surface area contributed by atoms with Crippen LogP contribution >= 0.6 is 11.6 Å². The Morgan fingerprint density at radius 2 is 1.36 bits per heavy atom. The maximum Gasteiger partial charge on any atom is 0.108 e. The molecular weight excluding hydrogens is 296 g/mol. The molecule has 0 amide bonds. The van der Waals surface area contributed by atoms with Gasteiger partial charge >= 0.3 is 0 Å². The van der Waals surface area contributed by atoms with E-state index in [2.05, 4.69) is 34.6 Å². The third kappa shape index (κ3) is 3.74. The Labute approximate surface area is 134 Å². The standard InChI is InChI=1S/C18H17ClN2O/c19-16-9-5-4-8-15(16)11-13-18-17(20-22-21-18)12-10-14-6-2-1-3-7-14/h1-9H,10-13H2. The number of aryl methyl sites for hydroxylation is 4. The summed E-state index contributed by atoms with van der Waals surface area (Å²) in [7, 11) is 0. The monoisotopic (exact) mass is 312 g/mol. The summed E-state index contributed by atoms with van der Waals surface area (Å²) in [6.45, 7) is 0. The minimum Gasteiger partial charge on any atom is -0.244 e. The zero-order valence-corrected chi connectivity index (χ0v) is 13.0. The maximum absolute atomic E-state index is 6.19. The number of benzene rings is 2. The third-order valence-corrected chi connectivity index (χ3v) is 4.09. The van der Waals surface area contributed by atoms with Crippen LogP contribution in [0.15, 0.2) is 59.2 Å². The van der Waals surface area contributed by atoms with E-state index in [1.54, 1.807) is 0 Å². The summed E-state index contributed by atoms with van der Waals surface area (Å²) in [5.41, 5.74) is 4.29. The zero-order valence-electron chi connectivity index (χ0n) is 12.2. The Morgan fingerprint density at radius 1 is 0.727 bits per heavy atom. The molecule has 3 nitrogen and oxygen atoms in total. The van der Waals surface area contributed by atoms with Gasteiger partial charge in [-0.25, -0.2) is 4.63 Å². The first kappa shape index (κ1) is 14.8. The van der Waals surface area contributed by atoms with E-state index >= 15 is 0 Å². The fourth-order valence-electron chi connectivity index (χ4n) is 2.47. The van der Waals surface area contributed by atoms with Gasteiger partial charge in [0, 0.05) is 5.02 Å². The molecule has 0 atom stereocenters. The second-order valence-electron chi connectivity index (χ2n) is 5.23. The molecule has 112 valence electrons. The van der Waals surface area contributed by atoms with Gasteiger partial charge in [-0.3, -0.25) is 0 Å². The van der Waals surface area contributed by atoms with Gasteiger partial charge in [-0.2, -0.15) is 0 Å². The van der Waals surface area contributed by atoms with Crippen LogP contribution in [-0.4, -0.2) is 10.3 Å². The fourth-order valence-corrected chi connectivity index (χ4v) is 2.70. The lowest BCUT2D eigenvalue weighted by Crippen LogP contribution is -1.99. The van der Waals surface area contributed by atoms with E-state index in [9.17, 15) is 0 Å². The molecule has 0 aliphatic rings. The summed E-state index contributed by atoms with van der Waals surface area (Å²) in [5, 5.41) is 8.89. The van der Waals surface area contributed by atoms with Crippen molar-refractivity contribution >= 4 is 11.6 Å². The molecule has 0 saturated carbocycles. The van der Waals surface area contributed by atoms with Gasteiger partial charge in [0.2, 0.25) is 0 Å².